The van der Waals surface area contributed by atoms with Gasteiger partial charge in [-0.1, -0.05) is 20.3 Å². The second-order valence-electron chi connectivity index (χ2n) is 5.06. The van der Waals surface area contributed by atoms with Crippen LogP contribution in [0.5, 0.6) is 0 Å². The molecular weight excluding hydrogens is 306 g/mol. The van der Waals surface area contributed by atoms with Crippen molar-refractivity contribution >= 4 is 17.6 Å². The van der Waals surface area contributed by atoms with Gasteiger partial charge in [0.2, 0.25) is 5.91 Å². The normalized spacial score (nSPS) is 13.0. The number of methoxy groups -OCH3 is 1. The van der Waals surface area contributed by atoms with E-state index in [1.165, 1.54) is 7.11 Å². The van der Waals surface area contributed by atoms with Crippen LogP contribution in [-0.2, 0) is 20.9 Å². The smallest absolute Gasteiger partial charge is 0.328 e. The van der Waals surface area contributed by atoms with Crippen LogP contribution in [0.1, 0.15) is 20.3 Å². The van der Waals surface area contributed by atoms with Gasteiger partial charge in [-0.2, -0.15) is 0 Å². The summed E-state index contributed by atoms with van der Waals surface area (Å²) in [7, 11) is 1.22. The van der Waals surface area contributed by atoms with Crippen molar-refractivity contribution in [2.75, 3.05) is 7.11 Å². The van der Waals surface area contributed by atoms with Gasteiger partial charge in [0.25, 0.3) is 11.2 Å². The summed E-state index contributed by atoms with van der Waals surface area (Å²) in [6.45, 7) is 3.21. The summed E-state index contributed by atoms with van der Waals surface area (Å²) >= 11 is 0. The summed E-state index contributed by atoms with van der Waals surface area (Å²) in [5.74, 6) is -1.35. The van der Waals surface area contributed by atoms with Gasteiger partial charge in [-0.05, 0) is 5.92 Å². The van der Waals surface area contributed by atoms with Crippen molar-refractivity contribution in [2.45, 2.75) is 32.9 Å². The maximum atomic E-state index is 12.0. The highest BCUT2D eigenvalue weighted by atomic mass is 16.6. The van der Waals surface area contributed by atoms with Crippen molar-refractivity contribution in [3.05, 3.63) is 38.8 Å². The van der Waals surface area contributed by atoms with Crippen LogP contribution in [0.3, 0.4) is 0 Å². The molecule has 1 amide bonds. The molecule has 1 aromatic rings. The highest BCUT2D eigenvalue weighted by Gasteiger charge is 2.26. The first-order valence-electron chi connectivity index (χ1n) is 7.02. The second kappa shape index (κ2) is 8.06. The predicted octanol–water partition coefficient (Wildman–Crippen LogP) is 0.460. The third-order valence-corrected chi connectivity index (χ3v) is 3.48. The van der Waals surface area contributed by atoms with E-state index >= 15 is 0 Å². The van der Waals surface area contributed by atoms with Crippen molar-refractivity contribution in [1.82, 2.24) is 9.88 Å². The summed E-state index contributed by atoms with van der Waals surface area (Å²) in [6, 6.07) is 1.23. The molecule has 0 radical (unpaired) electrons. The Morgan fingerprint density at radius 3 is 2.61 bits per heavy atom. The molecule has 1 N–H and O–H groups in total. The number of rotatable bonds is 7. The Morgan fingerprint density at radius 2 is 2.09 bits per heavy atom. The number of amides is 1. The number of aromatic nitrogens is 1. The number of hydrogen-bond acceptors (Lipinski definition) is 6. The van der Waals surface area contributed by atoms with Crippen molar-refractivity contribution in [3.63, 3.8) is 0 Å². The predicted molar refractivity (Wildman–Crippen MR) is 80.8 cm³/mol. The van der Waals surface area contributed by atoms with Gasteiger partial charge < -0.3 is 10.1 Å². The van der Waals surface area contributed by atoms with Gasteiger partial charge in [0.05, 0.1) is 18.2 Å². The molecule has 0 unspecified atom stereocenters. The molecule has 9 heteroatoms. The Kier molecular flexibility index (Phi) is 6.43. The van der Waals surface area contributed by atoms with E-state index in [1.807, 2.05) is 6.92 Å². The third-order valence-electron chi connectivity index (χ3n) is 3.48. The van der Waals surface area contributed by atoms with E-state index in [1.54, 1.807) is 6.92 Å². The van der Waals surface area contributed by atoms with Gasteiger partial charge in [0.15, 0.2) is 0 Å². The Balaban J connectivity index is 2.90. The number of carbonyl (C=O) groups is 2. The van der Waals surface area contributed by atoms with Gasteiger partial charge in [0, 0.05) is 12.1 Å². The summed E-state index contributed by atoms with van der Waals surface area (Å²) in [5, 5.41) is 13.2. The van der Waals surface area contributed by atoms with Crippen LogP contribution in [0.15, 0.2) is 23.1 Å². The van der Waals surface area contributed by atoms with Crippen LogP contribution in [0, 0.1) is 16.0 Å². The van der Waals surface area contributed by atoms with E-state index in [9.17, 15) is 24.5 Å². The number of pyridine rings is 1. The average Bonchev–Trinajstić information content (AvgIpc) is 2.52. The van der Waals surface area contributed by atoms with E-state index in [-0.39, 0.29) is 11.6 Å². The molecule has 0 spiro atoms. The summed E-state index contributed by atoms with van der Waals surface area (Å²) in [4.78, 5) is 45.5. The fourth-order valence-electron chi connectivity index (χ4n) is 1.92. The van der Waals surface area contributed by atoms with Gasteiger partial charge >= 0.3 is 5.97 Å². The van der Waals surface area contributed by atoms with Crippen molar-refractivity contribution < 1.29 is 19.2 Å². The van der Waals surface area contributed by atoms with E-state index in [0.29, 0.717) is 6.42 Å². The number of nitrogens with one attached hydrogen (secondary N) is 1. The molecule has 0 aliphatic carbocycles. The van der Waals surface area contributed by atoms with E-state index in [0.717, 1.165) is 22.9 Å². The average molecular weight is 325 g/mol. The Bertz CT molecular complexity index is 654. The topological polar surface area (TPSA) is 121 Å². The van der Waals surface area contributed by atoms with Gasteiger partial charge in [-0.15, -0.1) is 0 Å². The zero-order chi connectivity index (χ0) is 17.6. The first-order chi connectivity index (χ1) is 10.8. The zero-order valence-corrected chi connectivity index (χ0v) is 13.1. The fourth-order valence-corrected chi connectivity index (χ4v) is 1.92. The molecule has 0 saturated carbocycles. The minimum Gasteiger partial charge on any atom is -0.467 e. The van der Waals surface area contributed by atoms with E-state index in [4.69, 9.17) is 0 Å². The molecule has 0 aliphatic rings. The van der Waals surface area contributed by atoms with Gasteiger partial charge in [0.1, 0.15) is 12.6 Å². The second-order valence-corrected chi connectivity index (χ2v) is 5.06. The molecular formula is C14H19N3O6. The Hall–Kier alpha value is -2.71. The number of hydrogen-bond donors (Lipinski definition) is 1. The lowest BCUT2D eigenvalue weighted by Gasteiger charge is -2.21. The molecule has 0 bridgehead atoms. The summed E-state index contributed by atoms with van der Waals surface area (Å²) in [5.41, 5.74) is -0.854. The van der Waals surface area contributed by atoms with E-state index in [2.05, 4.69) is 10.1 Å². The molecule has 0 aliphatic heterocycles. The molecule has 23 heavy (non-hydrogen) atoms. The Labute approximate surface area is 132 Å². The fraction of sp³-hybridized carbons (Fsp3) is 0.500. The van der Waals surface area contributed by atoms with Crippen molar-refractivity contribution in [3.8, 4) is 0 Å². The lowest BCUT2D eigenvalue weighted by Crippen LogP contribution is -2.47. The van der Waals surface area contributed by atoms with Crippen LogP contribution in [-0.4, -0.2) is 34.5 Å². The highest BCUT2D eigenvalue weighted by molar-refractivity contribution is 5.84. The van der Waals surface area contributed by atoms with Crippen LogP contribution in [0.4, 0.5) is 5.69 Å². The maximum Gasteiger partial charge on any atom is 0.328 e. The van der Waals surface area contributed by atoms with Crippen LogP contribution in [0.2, 0.25) is 0 Å². The van der Waals surface area contributed by atoms with Crippen LogP contribution >= 0.6 is 0 Å². The van der Waals surface area contributed by atoms with Crippen molar-refractivity contribution in [2.24, 2.45) is 5.92 Å². The molecule has 2 atom stereocenters. The molecule has 1 heterocycles. The number of carbonyl (C=O) groups excluding carboxylic acids is 2. The summed E-state index contributed by atoms with van der Waals surface area (Å²) in [6.07, 6.45) is 1.62. The molecule has 126 valence electrons. The first-order valence-corrected chi connectivity index (χ1v) is 7.02. The number of esters is 1. The lowest BCUT2D eigenvalue weighted by atomic mass is 9.99. The molecule has 9 nitrogen and oxygen atoms in total. The first kappa shape index (κ1) is 18.3. The quantitative estimate of drug-likeness (QED) is 0.442. The van der Waals surface area contributed by atoms with E-state index < -0.39 is 34.9 Å². The number of ether oxygens (including phenoxy) is 1. The van der Waals surface area contributed by atoms with Crippen LogP contribution < -0.4 is 10.9 Å². The van der Waals surface area contributed by atoms with Crippen molar-refractivity contribution in [1.29, 1.82) is 0 Å². The molecule has 0 aromatic carbocycles. The summed E-state index contributed by atoms with van der Waals surface area (Å²) < 4.78 is 5.56. The number of nitro groups is 1. The highest BCUT2D eigenvalue weighted by Crippen LogP contribution is 2.10. The SMILES string of the molecule is CC[C@@H](C)[C@@H](NC(=O)Cn1cc([N+](=O)[O-])ccc1=O)C(=O)OC. The number of nitrogens with zero attached hydrogens (tertiary/aromatic N) is 2. The van der Waals surface area contributed by atoms with Gasteiger partial charge in [-0.3, -0.25) is 24.3 Å². The monoisotopic (exact) mass is 325 g/mol. The largest absolute Gasteiger partial charge is 0.467 e. The minimum atomic E-state index is -0.841. The Morgan fingerprint density at radius 1 is 1.43 bits per heavy atom. The standard InChI is InChI=1S/C14H19N3O6/c1-4-9(2)13(14(20)23-3)15-11(18)8-16-7-10(17(21)22)5-6-12(16)19/h5-7,9,13H,4,8H2,1-3H3,(H,15,18)/t9-,13-/m1/s1. The third kappa shape index (κ3) is 4.90. The molecule has 1 aromatic heterocycles. The molecule has 1 rings (SSSR count). The van der Waals surface area contributed by atoms with Gasteiger partial charge in [-0.25, -0.2) is 4.79 Å². The lowest BCUT2D eigenvalue weighted by molar-refractivity contribution is -0.385. The molecule has 0 fully saturated rings. The minimum absolute atomic E-state index is 0.159. The zero-order valence-electron chi connectivity index (χ0n) is 13.1. The van der Waals surface area contributed by atoms with Crippen LogP contribution in [0.25, 0.3) is 0 Å². The maximum absolute atomic E-state index is 12.0. The molecule has 0 saturated heterocycles.